The van der Waals surface area contributed by atoms with Crippen LogP contribution in [0, 0.1) is 0 Å². The number of benzene rings is 2. The molecule has 0 N–H and O–H groups in total. The van der Waals surface area contributed by atoms with Gasteiger partial charge in [0.2, 0.25) is 5.78 Å². The van der Waals surface area contributed by atoms with Gasteiger partial charge in [0.1, 0.15) is 11.4 Å². The predicted octanol–water partition coefficient (Wildman–Crippen LogP) is 4.33. The Hall–Kier alpha value is -3.18. The minimum atomic E-state index is -0.174. The number of aromatic nitrogens is 3. The zero-order valence-corrected chi connectivity index (χ0v) is 14.8. The van der Waals surface area contributed by atoms with Gasteiger partial charge in [0, 0.05) is 35.7 Å². The normalized spacial score (nSPS) is 10.8. The lowest BCUT2D eigenvalue weighted by Gasteiger charge is -2.18. The van der Waals surface area contributed by atoms with E-state index in [2.05, 4.69) is 9.97 Å². The Bertz CT molecular complexity index is 1070. The lowest BCUT2D eigenvalue weighted by molar-refractivity contribution is 0.0988. The third-order valence-corrected chi connectivity index (χ3v) is 4.42. The van der Waals surface area contributed by atoms with E-state index in [1.54, 1.807) is 46.9 Å². The van der Waals surface area contributed by atoms with Crippen molar-refractivity contribution in [1.29, 1.82) is 0 Å². The molecule has 0 aliphatic rings. The first kappa shape index (κ1) is 16.3. The van der Waals surface area contributed by atoms with Crippen LogP contribution in [0.5, 0.6) is 0 Å². The van der Waals surface area contributed by atoms with Gasteiger partial charge in [-0.15, -0.1) is 0 Å². The SMILES string of the molecule is CN(C(=O)c1c(-c2ccccc2)nc2ncccn12)c1ccc(Cl)cc1. The van der Waals surface area contributed by atoms with Gasteiger partial charge < -0.3 is 4.90 Å². The molecule has 2 aromatic heterocycles. The Morgan fingerprint density at radius 3 is 2.50 bits per heavy atom. The highest BCUT2D eigenvalue weighted by Crippen LogP contribution is 2.26. The number of fused-ring (bicyclic) bond motifs is 1. The monoisotopic (exact) mass is 362 g/mol. The first-order valence-electron chi connectivity index (χ1n) is 8.07. The Morgan fingerprint density at radius 2 is 1.77 bits per heavy atom. The molecule has 0 bridgehead atoms. The molecule has 0 atom stereocenters. The van der Waals surface area contributed by atoms with Crippen molar-refractivity contribution in [3.05, 3.63) is 83.8 Å². The maximum Gasteiger partial charge on any atom is 0.277 e. The van der Waals surface area contributed by atoms with Gasteiger partial charge in [0.05, 0.1) is 0 Å². The van der Waals surface area contributed by atoms with Crippen molar-refractivity contribution in [3.8, 4) is 11.3 Å². The first-order chi connectivity index (χ1) is 12.6. The van der Waals surface area contributed by atoms with Crippen LogP contribution in [-0.4, -0.2) is 27.3 Å². The summed E-state index contributed by atoms with van der Waals surface area (Å²) >= 11 is 5.95. The summed E-state index contributed by atoms with van der Waals surface area (Å²) in [6.45, 7) is 0. The fourth-order valence-corrected chi connectivity index (χ4v) is 2.96. The number of halogens is 1. The first-order valence-corrected chi connectivity index (χ1v) is 8.45. The largest absolute Gasteiger partial charge is 0.310 e. The molecule has 128 valence electrons. The van der Waals surface area contributed by atoms with E-state index in [1.165, 1.54) is 0 Å². The van der Waals surface area contributed by atoms with Crippen molar-refractivity contribution in [1.82, 2.24) is 14.4 Å². The number of nitrogens with zero attached hydrogens (tertiary/aromatic N) is 4. The maximum atomic E-state index is 13.3. The summed E-state index contributed by atoms with van der Waals surface area (Å²) < 4.78 is 1.72. The van der Waals surface area contributed by atoms with Crippen molar-refractivity contribution in [2.24, 2.45) is 0 Å². The van der Waals surface area contributed by atoms with E-state index in [1.807, 2.05) is 42.5 Å². The van der Waals surface area contributed by atoms with Crippen LogP contribution in [0.4, 0.5) is 5.69 Å². The third kappa shape index (κ3) is 2.82. The van der Waals surface area contributed by atoms with Crippen LogP contribution in [0.15, 0.2) is 73.1 Å². The Kier molecular flexibility index (Phi) is 4.14. The van der Waals surface area contributed by atoms with E-state index in [-0.39, 0.29) is 5.91 Å². The van der Waals surface area contributed by atoms with Gasteiger partial charge in [-0.2, -0.15) is 0 Å². The number of imidazole rings is 1. The summed E-state index contributed by atoms with van der Waals surface area (Å²) in [5.74, 6) is 0.311. The summed E-state index contributed by atoms with van der Waals surface area (Å²) in [6.07, 6.45) is 3.46. The third-order valence-electron chi connectivity index (χ3n) is 4.17. The molecule has 0 spiro atoms. The summed E-state index contributed by atoms with van der Waals surface area (Å²) in [4.78, 5) is 23.7. The molecular weight excluding hydrogens is 348 g/mol. The second kappa shape index (κ2) is 6.61. The number of carbonyl (C=O) groups is 1. The van der Waals surface area contributed by atoms with Crippen LogP contribution >= 0.6 is 11.6 Å². The molecule has 5 nitrogen and oxygen atoms in total. The molecule has 2 aromatic carbocycles. The molecular formula is C20H15ClN4O. The van der Waals surface area contributed by atoms with Crippen LogP contribution in [0.3, 0.4) is 0 Å². The van der Waals surface area contributed by atoms with Gasteiger partial charge in [-0.3, -0.25) is 9.20 Å². The molecule has 26 heavy (non-hydrogen) atoms. The molecule has 0 radical (unpaired) electrons. The van der Waals surface area contributed by atoms with E-state index in [0.717, 1.165) is 11.3 Å². The molecule has 1 amide bonds. The number of rotatable bonds is 3. The van der Waals surface area contributed by atoms with Gasteiger partial charge in [0.15, 0.2) is 0 Å². The molecule has 0 aliphatic heterocycles. The van der Waals surface area contributed by atoms with E-state index in [4.69, 9.17) is 11.6 Å². The highest BCUT2D eigenvalue weighted by molar-refractivity contribution is 6.30. The minimum absolute atomic E-state index is 0.174. The smallest absolute Gasteiger partial charge is 0.277 e. The summed E-state index contributed by atoms with van der Waals surface area (Å²) in [6, 6.07) is 18.6. The molecule has 6 heteroatoms. The summed E-state index contributed by atoms with van der Waals surface area (Å²) in [7, 11) is 1.73. The molecule has 4 aromatic rings. The molecule has 0 unspecified atom stereocenters. The topological polar surface area (TPSA) is 50.5 Å². The number of carbonyl (C=O) groups excluding carboxylic acids is 1. The van der Waals surface area contributed by atoms with Gasteiger partial charge in [-0.05, 0) is 30.3 Å². The van der Waals surface area contributed by atoms with Crippen LogP contribution in [0.1, 0.15) is 10.5 Å². The molecule has 0 saturated carbocycles. The maximum absolute atomic E-state index is 13.3. The number of anilines is 1. The van der Waals surface area contributed by atoms with E-state index >= 15 is 0 Å². The zero-order valence-electron chi connectivity index (χ0n) is 14.0. The Balaban J connectivity index is 1.87. The van der Waals surface area contributed by atoms with Gasteiger partial charge in [0.25, 0.3) is 5.91 Å². The number of hydrogen-bond donors (Lipinski definition) is 0. The summed E-state index contributed by atoms with van der Waals surface area (Å²) in [5.41, 5.74) is 2.69. The van der Waals surface area contributed by atoms with Crippen molar-refractivity contribution < 1.29 is 4.79 Å². The van der Waals surface area contributed by atoms with Gasteiger partial charge >= 0.3 is 0 Å². The number of amides is 1. The van der Waals surface area contributed by atoms with Gasteiger partial charge in [-0.25, -0.2) is 9.97 Å². The lowest BCUT2D eigenvalue weighted by Crippen LogP contribution is -2.28. The van der Waals surface area contributed by atoms with E-state index < -0.39 is 0 Å². The fourth-order valence-electron chi connectivity index (χ4n) is 2.83. The average Bonchev–Trinajstić information content (AvgIpc) is 3.08. The lowest BCUT2D eigenvalue weighted by atomic mass is 10.1. The van der Waals surface area contributed by atoms with Crippen molar-refractivity contribution in [3.63, 3.8) is 0 Å². The Labute approximate surface area is 155 Å². The fraction of sp³-hybridized carbons (Fsp3) is 0.0500. The highest BCUT2D eigenvalue weighted by atomic mass is 35.5. The molecule has 0 aliphatic carbocycles. The number of hydrogen-bond acceptors (Lipinski definition) is 3. The van der Waals surface area contributed by atoms with Crippen molar-refractivity contribution in [2.45, 2.75) is 0 Å². The second-order valence-corrected chi connectivity index (χ2v) is 6.24. The standard InChI is InChI=1S/C20H15ClN4O/c1-24(16-10-8-15(21)9-11-16)19(26)18-17(14-6-3-2-4-7-14)23-20-22-12-5-13-25(18)20/h2-13H,1H3. The highest BCUT2D eigenvalue weighted by Gasteiger charge is 2.24. The predicted molar refractivity (Wildman–Crippen MR) is 103 cm³/mol. The molecule has 0 fully saturated rings. The van der Waals surface area contributed by atoms with Crippen LogP contribution in [0.2, 0.25) is 5.02 Å². The molecule has 2 heterocycles. The average molecular weight is 363 g/mol. The Morgan fingerprint density at radius 1 is 1.04 bits per heavy atom. The quantitative estimate of drug-likeness (QED) is 0.545. The van der Waals surface area contributed by atoms with E-state index in [9.17, 15) is 4.79 Å². The molecule has 0 saturated heterocycles. The van der Waals surface area contributed by atoms with Crippen LogP contribution < -0.4 is 4.90 Å². The minimum Gasteiger partial charge on any atom is -0.310 e. The van der Waals surface area contributed by atoms with Crippen molar-refractivity contribution >= 4 is 29.0 Å². The van der Waals surface area contributed by atoms with Crippen molar-refractivity contribution in [2.75, 3.05) is 11.9 Å². The van der Waals surface area contributed by atoms with Gasteiger partial charge in [-0.1, -0.05) is 41.9 Å². The zero-order chi connectivity index (χ0) is 18.1. The summed E-state index contributed by atoms with van der Waals surface area (Å²) in [5, 5.41) is 0.624. The second-order valence-electron chi connectivity index (χ2n) is 5.81. The van der Waals surface area contributed by atoms with Crippen LogP contribution in [-0.2, 0) is 0 Å². The van der Waals surface area contributed by atoms with E-state index in [0.29, 0.717) is 22.2 Å². The van der Waals surface area contributed by atoms with Crippen LogP contribution in [0.25, 0.3) is 17.0 Å². The molecule has 4 rings (SSSR count).